The smallest absolute Gasteiger partial charge is 0.331 e. The average Bonchev–Trinajstić information content (AvgIpc) is 2.34. The summed E-state index contributed by atoms with van der Waals surface area (Å²) in [4.78, 5) is 21.6. The molecule has 0 fully saturated rings. The van der Waals surface area contributed by atoms with Crippen molar-refractivity contribution in [2.45, 2.75) is 6.92 Å². The molecule has 0 aliphatic rings. The number of rotatable bonds is 3. The van der Waals surface area contributed by atoms with Crippen LogP contribution in [0.2, 0.25) is 0 Å². The van der Waals surface area contributed by atoms with Gasteiger partial charge in [-0.15, -0.1) is 0 Å². The zero-order valence-corrected chi connectivity index (χ0v) is 9.40. The topological polar surface area (TPSA) is 117 Å². The lowest BCUT2D eigenvalue weighted by Gasteiger charge is -2.04. The van der Waals surface area contributed by atoms with Crippen molar-refractivity contribution in [3.63, 3.8) is 0 Å². The van der Waals surface area contributed by atoms with E-state index in [-0.39, 0.29) is 23.3 Å². The number of hydrogen-bond donors (Lipinski definition) is 1. The molecule has 0 radical (unpaired) electrons. The highest BCUT2D eigenvalue weighted by Gasteiger charge is 2.17. The summed E-state index contributed by atoms with van der Waals surface area (Å²) in [5.41, 5.74) is 5.77. The molecule has 92 valence electrons. The van der Waals surface area contributed by atoms with Gasteiger partial charge in [-0.25, -0.2) is 15.0 Å². The molecule has 2 heterocycles. The van der Waals surface area contributed by atoms with E-state index in [1.165, 1.54) is 24.7 Å². The summed E-state index contributed by atoms with van der Waals surface area (Å²) in [5.74, 6) is 0.205. The minimum Gasteiger partial charge on any atom is -0.430 e. The Bertz CT molecular complexity index is 585. The van der Waals surface area contributed by atoms with Crippen LogP contribution in [0.3, 0.4) is 0 Å². The number of hydrogen-bond acceptors (Lipinski definition) is 7. The Morgan fingerprint density at radius 2 is 1.94 bits per heavy atom. The molecule has 2 aromatic heterocycles. The van der Waals surface area contributed by atoms with Crippen molar-refractivity contribution in [3.05, 3.63) is 40.3 Å². The van der Waals surface area contributed by atoms with Crippen LogP contribution in [-0.4, -0.2) is 19.9 Å². The SMILES string of the molecule is Cc1cnc(Oc2cnc(N)nc2)c([N+](=O)[O-])c1. The van der Waals surface area contributed by atoms with Crippen LogP contribution in [0.25, 0.3) is 0 Å². The van der Waals surface area contributed by atoms with Crippen molar-refractivity contribution in [3.8, 4) is 11.6 Å². The summed E-state index contributed by atoms with van der Waals surface area (Å²) in [7, 11) is 0. The van der Waals surface area contributed by atoms with E-state index in [9.17, 15) is 10.1 Å². The first kappa shape index (κ1) is 11.7. The number of nitro groups is 1. The highest BCUT2D eigenvalue weighted by Crippen LogP contribution is 2.28. The van der Waals surface area contributed by atoms with Crippen LogP contribution in [-0.2, 0) is 0 Å². The second kappa shape index (κ2) is 4.62. The van der Waals surface area contributed by atoms with Gasteiger partial charge in [0.15, 0.2) is 5.75 Å². The quantitative estimate of drug-likeness (QED) is 0.644. The van der Waals surface area contributed by atoms with Gasteiger partial charge in [0.25, 0.3) is 5.88 Å². The van der Waals surface area contributed by atoms with Crippen molar-refractivity contribution in [1.29, 1.82) is 0 Å². The molecule has 0 amide bonds. The monoisotopic (exact) mass is 247 g/mol. The normalized spacial score (nSPS) is 10.1. The van der Waals surface area contributed by atoms with Crippen LogP contribution in [0.4, 0.5) is 11.6 Å². The first-order chi connectivity index (χ1) is 8.56. The molecule has 2 rings (SSSR count). The molecule has 0 atom stereocenters. The van der Waals surface area contributed by atoms with E-state index in [1.807, 2.05) is 0 Å². The number of nitrogen functional groups attached to an aromatic ring is 1. The highest BCUT2D eigenvalue weighted by atomic mass is 16.6. The van der Waals surface area contributed by atoms with Crippen molar-refractivity contribution in [2.75, 3.05) is 5.73 Å². The van der Waals surface area contributed by atoms with E-state index in [0.29, 0.717) is 5.56 Å². The van der Waals surface area contributed by atoms with Crippen LogP contribution < -0.4 is 10.5 Å². The third kappa shape index (κ3) is 2.48. The van der Waals surface area contributed by atoms with E-state index in [0.717, 1.165) is 0 Å². The third-order valence-corrected chi connectivity index (χ3v) is 2.03. The van der Waals surface area contributed by atoms with Crippen LogP contribution >= 0.6 is 0 Å². The second-order valence-corrected chi connectivity index (χ2v) is 3.47. The minimum absolute atomic E-state index is 0.0914. The summed E-state index contributed by atoms with van der Waals surface area (Å²) in [6, 6.07) is 1.38. The lowest BCUT2D eigenvalue weighted by atomic mass is 10.3. The fourth-order valence-electron chi connectivity index (χ4n) is 1.24. The Hall–Kier alpha value is -2.77. The zero-order valence-electron chi connectivity index (χ0n) is 9.40. The summed E-state index contributed by atoms with van der Waals surface area (Å²) in [6.45, 7) is 1.70. The molecule has 0 bridgehead atoms. The average molecular weight is 247 g/mol. The van der Waals surface area contributed by atoms with Gasteiger partial charge in [0.1, 0.15) is 0 Å². The maximum Gasteiger partial charge on any atom is 0.331 e. The van der Waals surface area contributed by atoms with Crippen LogP contribution in [0.5, 0.6) is 11.6 Å². The van der Waals surface area contributed by atoms with Crippen molar-refractivity contribution >= 4 is 11.6 Å². The van der Waals surface area contributed by atoms with Gasteiger partial charge in [0.2, 0.25) is 5.95 Å². The van der Waals surface area contributed by atoms with Crippen molar-refractivity contribution in [1.82, 2.24) is 15.0 Å². The van der Waals surface area contributed by atoms with E-state index >= 15 is 0 Å². The molecule has 0 spiro atoms. The summed E-state index contributed by atoms with van der Waals surface area (Å²) < 4.78 is 5.25. The molecule has 18 heavy (non-hydrogen) atoms. The van der Waals surface area contributed by atoms with Crippen LogP contribution in [0.15, 0.2) is 24.7 Å². The number of aromatic nitrogens is 3. The fourth-order valence-corrected chi connectivity index (χ4v) is 1.24. The molecular weight excluding hydrogens is 238 g/mol. The number of anilines is 1. The van der Waals surface area contributed by atoms with E-state index in [1.54, 1.807) is 6.92 Å². The highest BCUT2D eigenvalue weighted by molar-refractivity contribution is 5.44. The summed E-state index contributed by atoms with van der Waals surface area (Å²) in [5, 5.41) is 10.9. The van der Waals surface area contributed by atoms with Gasteiger partial charge < -0.3 is 10.5 Å². The molecule has 8 nitrogen and oxygen atoms in total. The van der Waals surface area contributed by atoms with E-state index < -0.39 is 4.92 Å². The molecule has 0 aliphatic carbocycles. The first-order valence-corrected chi connectivity index (χ1v) is 4.92. The number of nitrogens with zero attached hydrogens (tertiary/aromatic N) is 4. The van der Waals surface area contributed by atoms with Gasteiger partial charge in [0, 0.05) is 12.3 Å². The van der Waals surface area contributed by atoms with Gasteiger partial charge in [-0.2, -0.15) is 0 Å². The molecule has 0 saturated heterocycles. The Morgan fingerprint density at radius 3 is 2.56 bits per heavy atom. The van der Waals surface area contributed by atoms with Gasteiger partial charge in [-0.1, -0.05) is 0 Å². The molecule has 0 unspecified atom stereocenters. The largest absolute Gasteiger partial charge is 0.430 e. The maximum absolute atomic E-state index is 10.9. The Balaban J connectivity index is 2.34. The van der Waals surface area contributed by atoms with E-state index in [4.69, 9.17) is 10.5 Å². The Kier molecular flexibility index (Phi) is 3.00. The number of aryl methyl sites for hydroxylation is 1. The Morgan fingerprint density at radius 1 is 1.28 bits per heavy atom. The van der Waals surface area contributed by atoms with E-state index in [2.05, 4.69) is 15.0 Å². The second-order valence-electron chi connectivity index (χ2n) is 3.47. The molecule has 0 aliphatic heterocycles. The summed E-state index contributed by atoms with van der Waals surface area (Å²) >= 11 is 0. The van der Waals surface area contributed by atoms with Crippen molar-refractivity contribution < 1.29 is 9.66 Å². The van der Waals surface area contributed by atoms with Crippen LogP contribution in [0, 0.1) is 17.0 Å². The maximum atomic E-state index is 10.9. The van der Waals surface area contributed by atoms with Gasteiger partial charge in [-0.05, 0) is 12.5 Å². The minimum atomic E-state index is -0.562. The molecular formula is C10H9N5O3. The fraction of sp³-hybridized carbons (Fsp3) is 0.100. The lowest BCUT2D eigenvalue weighted by molar-refractivity contribution is -0.386. The lowest BCUT2D eigenvalue weighted by Crippen LogP contribution is -1.98. The number of ether oxygens (including phenoxy) is 1. The Labute approximate surface area is 102 Å². The van der Waals surface area contributed by atoms with Gasteiger partial charge in [0.05, 0.1) is 17.3 Å². The third-order valence-electron chi connectivity index (χ3n) is 2.03. The van der Waals surface area contributed by atoms with Crippen LogP contribution in [0.1, 0.15) is 5.56 Å². The van der Waals surface area contributed by atoms with Gasteiger partial charge >= 0.3 is 5.69 Å². The molecule has 0 saturated carbocycles. The molecule has 0 aromatic carbocycles. The zero-order chi connectivity index (χ0) is 13.1. The first-order valence-electron chi connectivity index (χ1n) is 4.92. The number of nitrogens with two attached hydrogens (primary N) is 1. The van der Waals surface area contributed by atoms with Gasteiger partial charge in [-0.3, -0.25) is 10.1 Å². The standard InChI is InChI=1S/C10H9N5O3/c1-6-2-8(15(16)17)9(12-3-6)18-7-4-13-10(11)14-5-7/h2-5H,1H3,(H2,11,13,14). The molecule has 2 aromatic rings. The molecule has 2 N–H and O–H groups in total. The predicted octanol–water partition coefficient (Wildman–Crippen LogP) is 1.46. The predicted molar refractivity (Wildman–Crippen MR) is 62.1 cm³/mol. The van der Waals surface area contributed by atoms with Crippen molar-refractivity contribution in [2.24, 2.45) is 0 Å². The number of pyridine rings is 1. The summed E-state index contributed by atoms with van der Waals surface area (Å²) in [6.07, 6.45) is 4.10. The molecule has 8 heteroatoms.